The summed E-state index contributed by atoms with van der Waals surface area (Å²) in [5.74, 6) is 1.08. The Morgan fingerprint density at radius 2 is 1.67 bits per heavy atom. The average Bonchev–Trinajstić information content (AvgIpc) is 3.36. The fourth-order valence-electron chi connectivity index (χ4n) is 5.28. The summed E-state index contributed by atoms with van der Waals surface area (Å²) in [7, 11) is 0. The number of nitrogens with one attached hydrogen (secondary N) is 1. The summed E-state index contributed by atoms with van der Waals surface area (Å²) >= 11 is 0. The third-order valence-corrected chi connectivity index (χ3v) is 7.00. The molecule has 1 saturated heterocycles. The highest BCUT2D eigenvalue weighted by Gasteiger charge is 2.41. The van der Waals surface area contributed by atoms with Crippen molar-refractivity contribution in [1.82, 2.24) is 19.7 Å². The number of amides is 2. The lowest BCUT2D eigenvalue weighted by Crippen LogP contribution is -2.32. The molecule has 170 valence electrons. The molecule has 1 fully saturated rings. The SMILES string of the molecule is Cc1cc(C)cc(C(=O)N2CCC3(CCc4nnc(C(=O)Nc5ccccc5)n4CC3)C2)c1. The van der Waals surface area contributed by atoms with Crippen LogP contribution < -0.4 is 5.32 Å². The van der Waals surface area contributed by atoms with Gasteiger partial charge in [-0.15, -0.1) is 10.2 Å². The van der Waals surface area contributed by atoms with Gasteiger partial charge < -0.3 is 14.8 Å². The lowest BCUT2D eigenvalue weighted by atomic mass is 9.80. The summed E-state index contributed by atoms with van der Waals surface area (Å²) in [5, 5.41) is 11.4. The monoisotopic (exact) mass is 443 g/mol. The number of hydrogen-bond acceptors (Lipinski definition) is 4. The molecule has 2 aromatic carbocycles. The van der Waals surface area contributed by atoms with Gasteiger partial charge in [0.1, 0.15) is 5.82 Å². The predicted octanol–water partition coefficient (Wildman–Crippen LogP) is 4.02. The minimum Gasteiger partial charge on any atom is -0.338 e. The molecule has 1 atom stereocenters. The molecule has 5 rings (SSSR count). The molecule has 3 heterocycles. The van der Waals surface area contributed by atoms with Gasteiger partial charge in [0.05, 0.1) is 0 Å². The van der Waals surface area contributed by atoms with E-state index < -0.39 is 0 Å². The van der Waals surface area contributed by atoms with E-state index in [1.54, 1.807) is 0 Å². The van der Waals surface area contributed by atoms with Gasteiger partial charge in [-0.05, 0) is 62.8 Å². The molecule has 1 spiro atoms. The van der Waals surface area contributed by atoms with Crippen molar-refractivity contribution >= 4 is 17.5 Å². The van der Waals surface area contributed by atoms with E-state index in [1.807, 2.05) is 65.8 Å². The van der Waals surface area contributed by atoms with Crippen LogP contribution >= 0.6 is 0 Å². The Balaban J connectivity index is 1.29. The first kappa shape index (κ1) is 21.4. The summed E-state index contributed by atoms with van der Waals surface area (Å²) in [4.78, 5) is 28.0. The molecule has 1 N–H and O–H groups in total. The highest BCUT2D eigenvalue weighted by atomic mass is 16.2. The molecule has 2 aliphatic rings. The number of rotatable bonds is 3. The maximum absolute atomic E-state index is 13.2. The van der Waals surface area contributed by atoms with Gasteiger partial charge in [-0.3, -0.25) is 9.59 Å². The van der Waals surface area contributed by atoms with Gasteiger partial charge in [0.25, 0.3) is 11.8 Å². The molecule has 3 aromatic rings. The number of carbonyl (C=O) groups excluding carboxylic acids is 2. The largest absolute Gasteiger partial charge is 0.338 e. The van der Waals surface area contributed by atoms with Gasteiger partial charge in [0.15, 0.2) is 0 Å². The summed E-state index contributed by atoms with van der Waals surface area (Å²) in [6, 6.07) is 15.4. The normalized spacial score (nSPS) is 19.9. The van der Waals surface area contributed by atoms with Gasteiger partial charge in [-0.1, -0.05) is 35.4 Å². The molecule has 1 unspecified atom stereocenters. The van der Waals surface area contributed by atoms with Crippen LogP contribution in [0, 0.1) is 19.3 Å². The minimum absolute atomic E-state index is 0.0579. The van der Waals surface area contributed by atoms with E-state index in [4.69, 9.17) is 0 Å². The Labute approximate surface area is 193 Å². The molecule has 2 aliphatic heterocycles. The smallest absolute Gasteiger partial charge is 0.293 e. The van der Waals surface area contributed by atoms with E-state index >= 15 is 0 Å². The van der Waals surface area contributed by atoms with Crippen molar-refractivity contribution in [3.05, 3.63) is 76.9 Å². The molecule has 0 aliphatic carbocycles. The second-order valence-electron chi connectivity index (χ2n) is 9.51. The van der Waals surface area contributed by atoms with E-state index in [2.05, 4.69) is 21.6 Å². The Morgan fingerprint density at radius 1 is 0.939 bits per heavy atom. The molecule has 0 saturated carbocycles. The third kappa shape index (κ3) is 4.27. The number of likely N-dealkylation sites (tertiary alicyclic amines) is 1. The van der Waals surface area contributed by atoms with Crippen LogP contribution in [0.3, 0.4) is 0 Å². The maximum atomic E-state index is 13.2. The zero-order chi connectivity index (χ0) is 23.0. The summed E-state index contributed by atoms with van der Waals surface area (Å²) in [6.07, 6.45) is 3.59. The molecule has 7 heteroatoms. The van der Waals surface area contributed by atoms with Gasteiger partial charge in [0, 0.05) is 37.3 Å². The molecule has 0 bridgehead atoms. The van der Waals surface area contributed by atoms with Crippen LogP contribution in [-0.2, 0) is 13.0 Å². The fourth-order valence-corrected chi connectivity index (χ4v) is 5.28. The molecular formula is C26H29N5O2. The quantitative estimate of drug-likeness (QED) is 0.663. The minimum atomic E-state index is -0.242. The van der Waals surface area contributed by atoms with Gasteiger partial charge in [-0.2, -0.15) is 0 Å². The Kier molecular flexibility index (Phi) is 5.48. The standard InChI is InChI=1S/C26H29N5O2/c1-18-14-19(2)16-20(15-18)25(33)30-12-10-26(17-30)9-8-22-28-29-23(31(22)13-11-26)24(32)27-21-6-4-3-5-7-21/h3-7,14-16H,8-13,17H2,1-2H3,(H,27,32). The van der Waals surface area contributed by atoms with E-state index in [9.17, 15) is 9.59 Å². The van der Waals surface area contributed by atoms with E-state index in [0.717, 1.165) is 67.0 Å². The Bertz CT molecular complexity index is 1180. The topological polar surface area (TPSA) is 80.1 Å². The number of para-hydroxylation sites is 1. The van der Waals surface area contributed by atoms with Crippen LogP contribution in [0.5, 0.6) is 0 Å². The van der Waals surface area contributed by atoms with Crippen molar-refractivity contribution in [2.24, 2.45) is 5.41 Å². The van der Waals surface area contributed by atoms with Gasteiger partial charge in [0.2, 0.25) is 5.82 Å². The third-order valence-electron chi connectivity index (χ3n) is 7.00. The van der Waals surface area contributed by atoms with Crippen LogP contribution in [0.1, 0.15) is 57.2 Å². The molecular weight excluding hydrogens is 414 g/mol. The number of hydrogen-bond donors (Lipinski definition) is 1. The second-order valence-corrected chi connectivity index (χ2v) is 9.51. The number of nitrogens with zero attached hydrogens (tertiary/aromatic N) is 4. The number of anilines is 1. The van der Waals surface area contributed by atoms with Crippen molar-refractivity contribution in [1.29, 1.82) is 0 Å². The van der Waals surface area contributed by atoms with E-state index in [0.29, 0.717) is 12.4 Å². The lowest BCUT2D eigenvalue weighted by molar-refractivity contribution is 0.0767. The molecule has 2 amide bonds. The van der Waals surface area contributed by atoms with Crippen molar-refractivity contribution in [3.63, 3.8) is 0 Å². The lowest BCUT2D eigenvalue weighted by Gasteiger charge is -2.27. The predicted molar refractivity (Wildman–Crippen MR) is 126 cm³/mol. The first-order valence-corrected chi connectivity index (χ1v) is 11.6. The van der Waals surface area contributed by atoms with Crippen LogP contribution in [0.2, 0.25) is 0 Å². The van der Waals surface area contributed by atoms with Crippen LogP contribution in [0.25, 0.3) is 0 Å². The zero-order valence-corrected chi connectivity index (χ0v) is 19.2. The van der Waals surface area contributed by atoms with E-state index in [-0.39, 0.29) is 17.2 Å². The molecule has 33 heavy (non-hydrogen) atoms. The van der Waals surface area contributed by atoms with Gasteiger partial charge in [-0.25, -0.2) is 0 Å². The number of carbonyl (C=O) groups is 2. The summed E-state index contributed by atoms with van der Waals surface area (Å²) in [5.41, 5.74) is 3.79. The fraction of sp³-hybridized carbons (Fsp3) is 0.385. The van der Waals surface area contributed by atoms with Crippen LogP contribution in [-0.4, -0.2) is 44.6 Å². The molecule has 7 nitrogen and oxygen atoms in total. The summed E-state index contributed by atoms with van der Waals surface area (Å²) < 4.78 is 1.96. The first-order valence-electron chi connectivity index (χ1n) is 11.6. The van der Waals surface area contributed by atoms with Gasteiger partial charge >= 0.3 is 0 Å². The number of aromatic nitrogens is 3. The number of benzene rings is 2. The number of aryl methyl sites for hydroxylation is 3. The number of fused-ring (bicyclic) bond motifs is 1. The molecule has 0 radical (unpaired) electrons. The highest BCUT2D eigenvalue weighted by molar-refractivity contribution is 6.01. The maximum Gasteiger partial charge on any atom is 0.293 e. The van der Waals surface area contributed by atoms with Crippen molar-refractivity contribution < 1.29 is 9.59 Å². The van der Waals surface area contributed by atoms with Crippen LogP contribution in [0.4, 0.5) is 5.69 Å². The average molecular weight is 444 g/mol. The Morgan fingerprint density at radius 3 is 2.42 bits per heavy atom. The first-order chi connectivity index (χ1) is 15.9. The zero-order valence-electron chi connectivity index (χ0n) is 19.2. The highest BCUT2D eigenvalue weighted by Crippen LogP contribution is 2.41. The van der Waals surface area contributed by atoms with Crippen LogP contribution in [0.15, 0.2) is 48.5 Å². The van der Waals surface area contributed by atoms with E-state index in [1.165, 1.54) is 0 Å². The molecule has 1 aromatic heterocycles. The second kappa shape index (κ2) is 8.46. The van der Waals surface area contributed by atoms with Crippen molar-refractivity contribution in [2.45, 2.75) is 46.1 Å². The Hall–Kier alpha value is -3.48. The van der Waals surface area contributed by atoms with Crippen molar-refractivity contribution in [2.75, 3.05) is 18.4 Å². The summed E-state index contributed by atoms with van der Waals surface area (Å²) in [6.45, 7) is 6.27. The van der Waals surface area contributed by atoms with Crippen molar-refractivity contribution in [3.8, 4) is 0 Å².